The Bertz CT molecular complexity index is 928. The molecule has 3 amide bonds. The minimum atomic E-state index is -1.00. The topological polar surface area (TPSA) is 134 Å². The van der Waals surface area contributed by atoms with Crippen molar-refractivity contribution in [2.45, 2.75) is 13.0 Å². The van der Waals surface area contributed by atoms with Gasteiger partial charge >= 0.3 is 6.09 Å². The van der Waals surface area contributed by atoms with E-state index in [-0.39, 0.29) is 17.1 Å². The summed E-state index contributed by atoms with van der Waals surface area (Å²) in [6, 6.07) is 12.5. The fourth-order valence-corrected chi connectivity index (χ4v) is 2.64. The van der Waals surface area contributed by atoms with Crippen LogP contribution in [0.1, 0.15) is 28.9 Å². The number of alkyl carbamates (subject to hydrolysis) is 1. The molecular weight excluding hydrogens is 392 g/mol. The van der Waals surface area contributed by atoms with Crippen molar-refractivity contribution < 1.29 is 34.2 Å². The van der Waals surface area contributed by atoms with Gasteiger partial charge in [-0.1, -0.05) is 37.3 Å². The molecule has 0 radical (unpaired) electrons. The summed E-state index contributed by atoms with van der Waals surface area (Å²) in [5, 5.41) is 20.8. The molecule has 2 aromatic carbocycles. The van der Waals surface area contributed by atoms with Crippen LogP contribution in [0.25, 0.3) is 0 Å². The molecule has 0 aliphatic carbocycles. The number of carbonyl (C=O) groups is 3. The molecule has 0 saturated carbocycles. The van der Waals surface area contributed by atoms with E-state index >= 15 is 0 Å². The number of aromatic hydroxyl groups is 1. The zero-order chi connectivity index (χ0) is 22.1. The Morgan fingerprint density at radius 3 is 2.40 bits per heavy atom. The number of rotatable bonds is 7. The highest BCUT2D eigenvalue weighted by Crippen LogP contribution is 2.34. The lowest BCUT2D eigenvalue weighted by atomic mass is 9.96. The van der Waals surface area contributed by atoms with Gasteiger partial charge in [-0.25, -0.2) is 10.3 Å². The maximum Gasteiger partial charge on any atom is 0.414 e. The van der Waals surface area contributed by atoms with Crippen molar-refractivity contribution in [3.63, 3.8) is 0 Å². The van der Waals surface area contributed by atoms with Crippen LogP contribution < -0.4 is 15.5 Å². The molecule has 0 bridgehead atoms. The van der Waals surface area contributed by atoms with Crippen molar-refractivity contribution >= 4 is 17.9 Å². The normalized spacial score (nSPS) is 12.6. The molecule has 4 N–H and O–H groups in total. The summed E-state index contributed by atoms with van der Waals surface area (Å²) in [6.07, 6.45) is 0.505. The molecule has 9 nitrogen and oxygen atoms in total. The van der Waals surface area contributed by atoms with Gasteiger partial charge in [-0.05, 0) is 29.8 Å². The Morgan fingerprint density at radius 1 is 1.10 bits per heavy atom. The van der Waals surface area contributed by atoms with Gasteiger partial charge < -0.3 is 14.6 Å². The lowest BCUT2D eigenvalue weighted by molar-refractivity contribution is -0.124. The maximum atomic E-state index is 12.3. The summed E-state index contributed by atoms with van der Waals surface area (Å²) in [5.41, 5.74) is 2.14. The van der Waals surface area contributed by atoms with Gasteiger partial charge in [0, 0.05) is 17.6 Å². The first kappa shape index (κ1) is 22.4. The first-order valence-corrected chi connectivity index (χ1v) is 8.92. The fraction of sp³-hybridized carbons (Fsp3) is 0.190. The summed E-state index contributed by atoms with van der Waals surface area (Å²) in [7, 11) is 1.39. The van der Waals surface area contributed by atoms with Crippen LogP contribution in [0.2, 0.25) is 0 Å². The molecule has 0 aromatic heterocycles. The van der Waals surface area contributed by atoms with Gasteiger partial charge in [-0.15, -0.1) is 0 Å². The molecule has 0 heterocycles. The Balaban J connectivity index is 2.23. The summed E-state index contributed by atoms with van der Waals surface area (Å²) in [4.78, 5) is 35.8. The SMILES string of the molecule is COc1ccc([C@H](OC(=O)NC(=O)c2ccccc2)[C@H](C)/C=C/C(=O)NO)cc1O. The van der Waals surface area contributed by atoms with Gasteiger partial charge in [0.15, 0.2) is 11.5 Å². The average molecular weight is 414 g/mol. The van der Waals surface area contributed by atoms with Crippen LogP contribution in [-0.2, 0) is 9.53 Å². The van der Waals surface area contributed by atoms with Crippen LogP contribution in [0.3, 0.4) is 0 Å². The molecule has 0 unspecified atom stereocenters. The third kappa shape index (κ3) is 6.08. The predicted molar refractivity (Wildman–Crippen MR) is 106 cm³/mol. The van der Waals surface area contributed by atoms with Gasteiger partial charge in [0.2, 0.25) is 0 Å². The molecule has 2 rings (SSSR count). The number of phenols is 1. The number of phenolic OH excluding ortho intramolecular Hbond substituents is 1. The number of carbonyl (C=O) groups excluding carboxylic acids is 3. The molecule has 0 fully saturated rings. The molecule has 158 valence electrons. The third-order valence-electron chi connectivity index (χ3n) is 4.16. The molecule has 30 heavy (non-hydrogen) atoms. The minimum Gasteiger partial charge on any atom is -0.504 e. The van der Waals surface area contributed by atoms with E-state index in [1.54, 1.807) is 43.3 Å². The Hall–Kier alpha value is -3.85. The van der Waals surface area contributed by atoms with Crippen molar-refractivity contribution in [1.29, 1.82) is 0 Å². The highest BCUT2D eigenvalue weighted by atomic mass is 16.6. The second kappa shape index (κ2) is 10.6. The first-order valence-electron chi connectivity index (χ1n) is 8.92. The smallest absolute Gasteiger partial charge is 0.414 e. The van der Waals surface area contributed by atoms with Crippen LogP contribution >= 0.6 is 0 Å². The number of hydrogen-bond acceptors (Lipinski definition) is 7. The molecule has 9 heteroatoms. The maximum absolute atomic E-state index is 12.3. The largest absolute Gasteiger partial charge is 0.504 e. The van der Waals surface area contributed by atoms with Gasteiger partial charge in [0.05, 0.1) is 7.11 Å². The van der Waals surface area contributed by atoms with E-state index in [1.165, 1.54) is 30.8 Å². The van der Waals surface area contributed by atoms with E-state index in [0.29, 0.717) is 5.56 Å². The number of hydrogen-bond donors (Lipinski definition) is 4. The van der Waals surface area contributed by atoms with Crippen LogP contribution in [0.4, 0.5) is 4.79 Å². The fourth-order valence-electron chi connectivity index (χ4n) is 2.64. The van der Waals surface area contributed by atoms with Gasteiger partial charge in [-0.3, -0.25) is 20.1 Å². The van der Waals surface area contributed by atoms with Crippen LogP contribution in [0.15, 0.2) is 60.7 Å². The number of hydroxylamine groups is 1. The predicted octanol–water partition coefficient (Wildman–Crippen LogP) is 2.71. The monoisotopic (exact) mass is 414 g/mol. The number of benzene rings is 2. The quantitative estimate of drug-likeness (QED) is 0.311. The Kier molecular flexibility index (Phi) is 7.95. The second-order valence-electron chi connectivity index (χ2n) is 6.27. The van der Waals surface area contributed by atoms with Gasteiger partial charge in [-0.2, -0.15) is 0 Å². The molecule has 2 atom stereocenters. The summed E-state index contributed by atoms with van der Waals surface area (Å²) < 4.78 is 10.4. The minimum absolute atomic E-state index is 0.173. The van der Waals surface area contributed by atoms with E-state index in [2.05, 4.69) is 5.32 Å². The molecule has 0 aliphatic heterocycles. The van der Waals surface area contributed by atoms with Gasteiger partial charge in [0.25, 0.3) is 11.8 Å². The lowest BCUT2D eigenvalue weighted by Crippen LogP contribution is -2.33. The number of methoxy groups -OCH3 is 1. The molecule has 0 saturated heterocycles. The Labute approximate surface area is 172 Å². The summed E-state index contributed by atoms with van der Waals surface area (Å²) in [5.74, 6) is -1.91. The van der Waals surface area contributed by atoms with E-state index < -0.39 is 29.9 Å². The number of nitrogens with one attached hydrogen (secondary N) is 2. The zero-order valence-corrected chi connectivity index (χ0v) is 16.4. The third-order valence-corrected chi connectivity index (χ3v) is 4.16. The number of amides is 3. The van der Waals surface area contributed by atoms with E-state index in [4.69, 9.17) is 14.7 Å². The lowest BCUT2D eigenvalue weighted by Gasteiger charge is -2.23. The Morgan fingerprint density at radius 2 is 1.80 bits per heavy atom. The van der Waals surface area contributed by atoms with Crippen LogP contribution in [0.5, 0.6) is 11.5 Å². The molecule has 0 spiro atoms. The van der Waals surface area contributed by atoms with E-state index in [9.17, 15) is 19.5 Å². The molecule has 2 aromatic rings. The highest BCUT2D eigenvalue weighted by Gasteiger charge is 2.24. The van der Waals surface area contributed by atoms with E-state index in [1.807, 2.05) is 0 Å². The van der Waals surface area contributed by atoms with Crippen molar-refractivity contribution in [2.75, 3.05) is 7.11 Å². The summed E-state index contributed by atoms with van der Waals surface area (Å²) >= 11 is 0. The highest BCUT2D eigenvalue weighted by molar-refractivity contribution is 6.02. The van der Waals surface area contributed by atoms with Crippen LogP contribution in [0, 0.1) is 5.92 Å². The van der Waals surface area contributed by atoms with E-state index in [0.717, 1.165) is 6.08 Å². The zero-order valence-electron chi connectivity index (χ0n) is 16.4. The van der Waals surface area contributed by atoms with Crippen molar-refractivity contribution in [1.82, 2.24) is 10.8 Å². The van der Waals surface area contributed by atoms with Crippen molar-refractivity contribution in [3.05, 3.63) is 71.8 Å². The summed E-state index contributed by atoms with van der Waals surface area (Å²) in [6.45, 7) is 1.65. The van der Waals surface area contributed by atoms with Crippen LogP contribution in [-0.4, -0.2) is 35.3 Å². The standard InChI is InChI=1S/C21H22N2O7/c1-13(8-11-18(25)23-28)19(15-9-10-17(29-2)16(24)12-15)30-21(27)22-20(26)14-6-4-3-5-7-14/h3-13,19,24,28H,1-2H3,(H,23,25)(H,22,26,27)/b11-8+/t13-,19-/m1/s1. The first-order chi connectivity index (χ1) is 14.3. The molecular formula is C21H22N2O7. The number of ether oxygens (including phenoxy) is 2. The number of imide groups is 1. The van der Waals surface area contributed by atoms with Crippen molar-refractivity contribution in [2.24, 2.45) is 5.92 Å². The molecule has 0 aliphatic rings. The van der Waals surface area contributed by atoms with Gasteiger partial charge in [0.1, 0.15) is 6.10 Å². The van der Waals surface area contributed by atoms with Crippen molar-refractivity contribution in [3.8, 4) is 11.5 Å². The second-order valence-corrected chi connectivity index (χ2v) is 6.27. The average Bonchev–Trinajstić information content (AvgIpc) is 2.76.